The van der Waals surface area contributed by atoms with E-state index >= 15 is 0 Å². The van der Waals surface area contributed by atoms with E-state index in [1.807, 2.05) is 42.5 Å². The van der Waals surface area contributed by atoms with E-state index in [1.54, 1.807) is 6.21 Å². The van der Waals surface area contributed by atoms with Crippen molar-refractivity contribution in [2.45, 2.75) is 12.8 Å². The number of carbonyl (C=O) groups excluding carboxylic acids is 1. The fourth-order valence-corrected chi connectivity index (χ4v) is 2.54. The minimum Gasteiger partial charge on any atom is -0.454 e. The number of rotatable bonds is 7. The molecule has 1 aliphatic rings. The van der Waals surface area contributed by atoms with E-state index < -0.39 is 0 Å². The van der Waals surface area contributed by atoms with Crippen LogP contribution in [-0.2, 0) is 4.79 Å². The van der Waals surface area contributed by atoms with Crippen LogP contribution < -0.4 is 20.2 Å². The molecule has 0 fully saturated rings. The molecule has 130 valence electrons. The first-order valence-electron chi connectivity index (χ1n) is 7.92. The number of nitrogens with zero attached hydrogens (tertiary/aromatic N) is 1. The van der Waals surface area contributed by atoms with Crippen LogP contribution in [0, 0.1) is 0 Å². The molecule has 2 aromatic rings. The van der Waals surface area contributed by atoms with Crippen LogP contribution in [0.5, 0.6) is 11.5 Å². The van der Waals surface area contributed by atoms with Gasteiger partial charge in [0.1, 0.15) is 0 Å². The molecule has 2 N–H and O–H groups in total. The second-order valence-electron chi connectivity index (χ2n) is 5.44. The minimum absolute atomic E-state index is 0.116. The molecule has 0 unspecified atom stereocenters. The number of benzene rings is 2. The third-order valence-electron chi connectivity index (χ3n) is 3.55. The van der Waals surface area contributed by atoms with Crippen LogP contribution in [0.1, 0.15) is 18.4 Å². The van der Waals surface area contributed by atoms with Crippen molar-refractivity contribution < 1.29 is 14.3 Å². The second kappa shape index (κ2) is 8.53. The van der Waals surface area contributed by atoms with E-state index in [9.17, 15) is 4.79 Å². The van der Waals surface area contributed by atoms with Crippen molar-refractivity contribution in [3.63, 3.8) is 0 Å². The Morgan fingerprint density at radius 2 is 1.96 bits per heavy atom. The molecule has 0 spiro atoms. The molecule has 0 bridgehead atoms. The molecule has 3 rings (SSSR count). The van der Waals surface area contributed by atoms with E-state index in [2.05, 4.69) is 31.8 Å². The Kier molecular flexibility index (Phi) is 5.90. The van der Waals surface area contributed by atoms with Crippen LogP contribution in [0.25, 0.3) is 0 Å². The number of amides is 1. The SMILES string of the molecule is O=C(CCCNc1ccc(Br)cc1)N/N=C/c1ccc2c(c1)OCO2. The van der Waals surface area contributed by atoms with Gasteiger partial charge in [-0.25, -0.2) is 5.43 Å². The Balaban J connectivity index is 1.35. The summed E-state index contributed by atoms with van der Waals surface area (Å²) in [6, 6.07) is 13.4. The maximum Gasteiger partial charge on any atom is 0.240 e. The van der Waals surface area contributed by atoms with E-state index in [-0.39, 0.29) is 12.7 Å². The van der Waals surface area contributed by atoms with Crippen molar-refractivity contribution in [2.75, 3.05) is 18.7 Å². The summed E-state index contributed by atoms with van der Waals surface area (Å²) in [4.78, 5) is 11.8. The summed E-state index contributed by atoms with van der Waals surface area (Å²) in [5, 5.41) is 7.24. The van der Waals surface area contributed by atoms with Crippen molar-refractivity contribution in [3.8, 4) is 11.5 Å². The summed E-state index contributed by atoms with van der Waals surface area (Å²) in [6.07, 6.45) is 2.71. The lowest BCUT2D eigenvalue weighted by Gasteiger charge is -2.05. The zero-order chi connectivity index (χ0) is 17.5. The molecule has 0 aliphatic carbocycles. The highest BCUT2D eigenvalue weighted by Crippen LogP contribution is 2.31. The first-order chi connectivity index (χ1) is 12.2. The number of hydrogen-bond acceptors (Lipinski definition) is 5. The lowest BCUT2D eigenvalue weighted by molar-refractivity contribution is -0.121. The highest BCUT2D eigenvalue weighted by atomic mass is 79.9. The molecule has 25 heavy (non-hydrogen) atoms. The molecule has 7 heteroatoms. The monoisotopic (exact) mass is 403 g/mol. The predicted octanol–water partition coefficient (Wildman–Crippen LogP) is 3.52. The maximum absolute atomic E-state index is 11.8. The van der Waals surface area contributed by atoms with Crippen LogP contribution in [0.4, 0.5) is 5.69 Å². The fourth-order valence-electron chi connectivity index (χ4n) is 2.28. The quantitative estimate of drug-likeness (QED) is 0.421. The van der Waals surface area contributed by atoms with E-state index in [1.165, 1.54) is 0 Å². The largest absolute Gasteiger partial charge is 0.454 e. The van der Waals surface area contributed by atoms with Gasteiger partial charge < -0.3 is 14.8 Å². The lowest BCUT2D eigenvalue weighted by Crippen LogP contribution is -2.18. The van der Waals surface area contributed by atoms with Gasteiger partial charge in [0.25, 0.3) is 0 Å². The van der Waals surface area contributed by atoms with Crippen LogP contribution in [0.15, 0.2) is 52.0 Å². The number of hydrazone groups is 1. The molecule has 1 aliphatic heterocycles. The molecule has 1 amide bonds. The Bertz CT molecular complexity index is 763. The van der Waals surface area contributed by atoms with Crippen molar-refractivity contribution in [2.24, 2.45) is 5.10 Å². The van der Waals surface area contributed by atoms with Crippen molar-refractivity contribution in [1.29, 1.82) is 0 Å². The summed E-state index contributed by atoms with van der Waals surface area (Å²) in [7, 11) is 0. The number of fused-ring (bicyclic) bond motifs is 1. The summed E-state index contributed by atoms with van der Waals surface area (Å²) in [6.45, 7) is 0.960. The van der Waals surface area contributed by atoms with E-state index in [0.717, 1.165) is 34.4 Å². The lowest BCUT2D eigenvalue weighted by atomic mass is 10.2. The topological polar surface area (TPSA) is 72.0 Å². The number of hydrogen-bond donors (Lipinski definition) is 2. The van der Waals surface area contributed by atoms with Gasteiger partial charge in [0.05, 0.1) is 6.21 Å². The van der Waals surface area contributed by atoms with Gasteiger partial charge in [0, 0.05) is 23.1 Å². The predicted molar refractivity (Wildman–Crippen MR) is 100 cm³/mol. The van der Waals surface area contributed by atoms with Crippen LogP contribution in [0.2, 0.25) is 0 Å². The van der Waals surface area contributed by atoms with E-state index in [0.29, 0.717) is 12.2 Å². The Morgan fingerprint density at radius 1 is 1.16 bits per heavy atom. The van der Waals surface area contributed by atoms with E-state index in [4.69, 9.17) is 9.47 Å². The van der Waals surface area contributed by atoms with Gasteiger partial charge in [-0.15, -0.1) is 0 Å². The standard InChI is InChI=1S/C18H18BrN3O3/c19-14-4-6-15(7-5-14)20-9-1-2-18(23)22-21-11-13-3-8-16-17(10-13)25-12-24-16/h3-8,10-11,20H,1-2,9,12H2,(H,22,23)/b21-11+. The molecular weight excluding hydrogens is 386 g/mol. The molecule has 0 saturated heterocycles. The number of anilines is 1. The molecule has 0 radical (unpaired) electrons. The average molecular weight is 404 g/mol. The molecule has 0 atom stereocenters. The third kappa shape index (κ3) is 5.22. The summed E-state index contributed by atoms with van der Waals surface area (Å²) >= 11 is 3.39. The Hall–Kier alpha value is -2.54. The molecular formula is C18H18BrN3O3. The third-order valence-corrected chi connectivity index (χ3v) is 4.08. The van der Waals surface area contributed by atoms with Crippen molar-refractivity contribution >= 4 is 33.7 Å². The normalized spacial score (nSPS) is 12.4. The van der Waals surface area contributed by atoms with Gasteiger partial charge in [0.15, 0.2) is 11.5 Å². The van der Waals surface area contributed by atoms with Crippen LogP contribution >= 0.6 is 15.9 Å². The number of nitrogens with one attached hydrogen (secondary N) is 2. The van der Waals surface area contributed by atoms with Gasteiger partial charge in [-0.1, -0.05) is 15.9 Å². The summed E-state index contributed by atoms with van der Waals surface area (Å²) < 4.78 is 11.6. The number of halogens is 1. The highest BCUT2D eigenvalue weighted by molar-refractivity contribution is 9.10. The Morgan fingerprint density at radius 3 is 2.80 bits per heavy atom. The number of carbonyl (C=O) groups is 1. The van der Waals surface area contributed by atoms with Crippen LogP contribution in [0.3, 0.4) is 0 Å². The minimum atomic E-state index is -0.116. The zero-order valence-electron chi connectivity index (χ0n) is 13.5. The zero-order valence-corrected chi connectivity index (χ0v) is 15.1. The Labute approximate surface area is 154 Å². The molecule has 1 heterocycles. The van der Waals surface area contributed by atoms with Gasteiger partial charge in [-0.3, -0.25) is 4.79 Å². The maximum atomic E-state index is 11.8. The van der Waals surface area contributed by atoms with Crippen molar-refractivity contribution in [1.82, 2.24) is 5.43 Å². The van der Waals surface area contributed by atoms with Gasteiger partial charge in [-0.2, -0.15) is 5.10 Å². The van der Waals surface area contributed by atoms with Crippen molar-refractivity contribution in [3.05, 3.63) is 52.5 Å². The average Bonchev–Trinajstić information content (AvgIpc) is 3.08. The highest BCUT2D eigenvalue weighted by Gasteiger charge is 2.12. The molecule has 0 aromatic heterocycles. The summed E-state index contributed by atoms with van der Waals surface area (Å²) in [5.41, 5.74) is 4.40. The molecule has 0 saturated carbocycles. The van der Waals surface area contributed by atoms with Gasteiger partial charge in [-0.05, 0) is 54.4 Å². The van der Waals surface area contributed by atoms with Gasteiger partial charge in [0.2, 0.25) is 12.7 Å². The van der Waals surface area contributed by atoms with Gasteiger partial charge >= 0.3 is 0 Å². The smallest absolute Gasteiger partial charge is 0.240 e. The van der Waals surface area contributed by atoms with Crippen LogP contribution in [-0.4, -0.2) is 25.5 Å². The summed E-state index contributed by atoms with van der Waals surface area (Å²) in [5.74, 6) is 1.29. The first-order valence-corrected chi connectivity index (χ1v) is 8.71. The first kappa shape index (κ1) is 17.3. The second-order valence-corrected chi connectivity index (χ2v) is 6.36. The fraction of sp³-hybridized carbons (Fsp3) is 0.222. The molecule has 2 aromatic carbocycles. The molecule has 6 nitrogen and oxygen atoms in total. The number of ether oxygens (including phenoxy) is 2.